The fraction of sp³-hybridized carbons (Fsp3) is 0.100. The van der Waals surface area contributed by atoms with Crippen LogP contribution in [0.25, 0.3) is 0 Å². The highest BCUT2D eigenvalue weighted by Crippen LogP contribution is 2.36. The van der Waals surface area contributed by atoms with Gasteiger partial charge in [0.1, 0.15) is 0 Å². The van der Waals surface area contributed by atoms with Gasteiger partial charge in [0.05, 0.1) is 0 Å². The molecule has 3 aliphatic rings. The number of fused-ring (bicyclic) bond motifs is 1. The van der Waals surface area contributed by atoms with Gasteiger partial charge in [0.15, 0.2) is 0 Å². The van der Waals surface area contributed by atoms with E-state index in [2.05, 4.69) is 5.32 Å². The Labute approximate surface area is 75.3 Å². The van der Waals surface area contributed by atoms with Crippen LogP contribution in [0.15, 0.2) is 46.3 Å². The smallest absolute Gasteiger partial charge is 0.256 e. The zero-order chi connectivity index (χ0) is 9.00. The van der Waals surface area contributed by atoms with Gasteiger partial charge in [-0.3, -0.25) is 4.79 Å². The summed E-state index contributed by atoms with van der Waals surface area (Å²) >= 11 is 0. The Morgan fingerprint density at radius 1 is 1.38 bits per heavy atom. The molecule has 1 heterocycles. The predicted octanol–water partition coefficient (Wildman–Crippen LogP) is 0.483. The van der Waals surface area contributed by atoms with E-state index in [-0.39, 0.29) is 5.91 Å². The monoisotopic (exact) mass is 172 g/mol. The summed E-state index contributed by atoms with van der Waals surface area (Å²) in [5.41, 5.74) is 10.4. The van der Waals surface area contributed by atoms with Crippen LogP contribution in [0, 0.1) is 0 Å². The molecule has 0 unspecified atom stereocenters. The predicted molar refractivity (Wildman–Crippen MR) is 48.2 cm³/mol. The molecular weight excluding hydrogens is 164 g/mol. The van der Waals surface area contributed by atoms with Crippen LogP contribution in [0.4, 0.5) is 0 Å². The Kier molecular flexibility index (Phi) is 0.999. The summed E-state index contributed by atoms with van der Waals surface area (Å²) in [5.74, 6) is -0.0291. The number of carbonyl (C=O) groups is 1. The normalized spacial score (nSPS) is 23.7. The molecule has 3 N–H and O–H groups in total. The van der Waals surface area contributed by atoms with Gasteiger partial charge in [0, 0.05) is 23.4 Å². The zero-order valence-corrected chi connectivity index (χ0v) is 6.92. The summed E-state index contributed by atoms with van der Waals surface area (Å²) in [7, 11) is 0. The van der Waals surface area contributed by atoms with Gasteiger partial charge in [-0.05, 0) is 23.3 Å². The molecule has 2 aliphatic carbocycles. The lowest BCUT2D eigenvalue weighted by atomic mass is 9.88. The molecule has 0 saturated heterocycles. The molecule has 0 saturated carbocycles. The third-order valence-corrected chi connectivity index (χ3v) is 2.63. The molecule has 0 aromatic heterocycles. The van der Waals surface area contributed by atoms with E-state index >= 15 is 0 Å². The average Bonchev–Trinajstić information content (AvgIpc) is 2.45. The lowest BCUT2D eigenvalue weighted by Gasteiger charge is -2.18. The first-order valence-electron chi connectivity index (χ1n) is 4.19. The molecule has 3 rings (SSSR count). The summed E-state index contributed by atoms with van der Waals surface area (Å²) in [6, 6.07) is 0. The van der Waals surface area contributed by atoms with Gasteiger partial charge >= 0.3 is 0 Å². The first-order chi connectivity index (χ1) is 6.25. The lowest BCUT2D eigenvalue weighted by molar-refractivity contribution is -0.115. The van der Waals surface area contributed by atoms with Crippen molar-refractivity contribution >= 4 is 5.91 Å². The van der Waals surface area contributed by atoms with Crippen LogP contribution in [0.1, 0.15) is 6.42 Å². The van der Waals surface area contributed by atoms with Crippen molar-refractivity contribution in [2.75, 3.05) is 0 Å². The van der Waals surface area contributed by atoms with Crippen molar-refractivity contribution in [1.82, 2.24) is 5.32 Å². The van der Waals surface area contributed by atoms with Crippen molar-refractivity contribution in [3.63, 3.8) is 0 Å². The number of hydrogen-bond acceptors (Lipinski definition) is 2. The number of rotatable bonds is 0. The third-order valence-electron chi connectivity index (χ3n) is 2.63. The first kappa shape index (κ1) is 6.71. The minimum absolute atomic E-state index is 0.0291. The van der Waals surface area contributed by atoms with Crippen molar-refractivity contribution in [1.29, 1.82) is 0 Å². The van der Waals surface area contributed by atoms with E-state index in [1.165, 1.54) is 0 Å². The molecule has 1 amide bonds. The SMILES string of the molecule is NC1=CC2=C3CC1=CC=C3NC2=O. The maximum Gasteiger partial charge on any atom is 0.256 e. The Morgan fingerprint density at radius 3 is 3.08 bits per heavy atom. The molecule has 1 aliphatic heterocycles. The van der Waals surface area contributed by atoms with Gasteiger partial charge in [-0.2, -0.15) is 0 Å². The molecule has 0 aromatic carbocycles. The van der Waals surface area contributed by atoms with E-state index in [9.17, 15) is 4.79 Å². The van der Waals surface area contributed by atoms with Gasteiger partial charge in [-0.15, -0.1) is 0 Å². The Balaban J connectivity index is 2.31. The highest BCUT2D eigenvalue weighted by molar-refractivity contribution is 6.04. The number of nitrogens with one attached hydrogen (secondary N) is 1. The van der Waals surface area contributed by atoms with Gasteiger partial charge in [0.25, 0.3) is 5.91 Å². The van der Waals surface area contributed by atoms with Crippen molar-refractivity contribution in [2.24, 2.45) is 5.73 Å². The number of nitrogens with two attached hydrogens (primary N) is 1. The number of amides is 1. The van der Waals surface area contributed by atoms with E-state index in [0.717, 1.165) is 28.8 Å². The number of allylic oxidation sites excluding steroid dienone is 4. The van der Waals surface area contributed by atoms with E-state index < -0.39 is 0 Å². The second-order valence-corrected chi connectivity index (χ2v) is 3.40. The molecule has 0 fully saturated rings. The van der Waals surface area contributed by atoms with Crippen LogP contribution in [0.5, 0.6) is 0 Å². The fourth-order valence-corrected chi connectivity index (χ4v) is 1.91. The molecule has 3 nitrogen and oxygen atoms in total. The number of carbonyl (C=O) groups excluding carboxylic acids is 1. The lowest BCUT2D eigenvalue weighted by Crippen LogP contribution is -2.15. The van der Waals surface area contributed by atoms with Crippen LogP contribution in [-0.2, 0) is 4.79 Å². The molecule has 64 valence electrons. The summed E-state index contributed by atoms with van der Waals surface area (Å²) in [4.78, 5) is 11.4. The molecular formula is C10H8N2O. The maximum absolute atomic E-state index is 11.4. The quantitative estimate of drug-likeness (QED) is 0.558. The molecule has 3 heteroatoms. The van der Waals surface area contributed by atoms with E-state index in [4.69, 9.17) is 5.73 Å². The van der Waals surface area contributed by atoms with Gasteiger partial charge < -0.3 is 11.1 Å². The largest absolute Gasteiger partial charge is 0.398 e. The number of hydrogen-bond donors (Lipinski definition) is 2. The highest BCUT2D eigenvalue weighted by atomic mass is 16.1. The molecule has 0 radical (unpaired) electrons. The molecule has 0 atom stereocenters. The van der Waals surface area contributed by atoms with E-state index in [1.54, 1.807) is 6.08 Å². The van der Waals surface area contributed by atoms with Crippen LogP contribution in [0.2, 0.25) is 0 Å². The first-order valence-corrected chi connectivity index (χ1v) is 4.19. The third kappa shape index (κ3) is 0.710. The van der Waals surface area contributed by atoms with Crippen LogP contribution >= 0.6 is 0 Å². The fourth-order valence-electron chi connectivity index (χ4n) is 1.91. The highest BCUT2D eigenvalue weighted by Gasteiger charge is 2.31. The Morgan fingerprint density at radius 2 is 2.23 bits per heavy atom. The van der Waals surface area contributed by atoms with Gasteiger partial charge in [-0.1, -0.05) is 6.08 Å². The van der Waals surface area contributed by atoms with Crippen molar-refractivity contribution < 1.29 is 4.79 Å². The topological polar surface area (TPSA) is 55.1 Å². The summed E-state index contributed by atoms with van der Waals surface area (Å²) in [6.07, 6.45) is 6.44. The molecule has 0 aromatic rings. The minimum atomic E-state index is -0.0291. The molecule has 0 spiro atoms. The summed E-state index contributed by atoms with van der Waals surface area (Å²) in [6.45, 7) is 0. The maximum atomic E-state index is 11.4. The standard InChI is InChI=1S/C10H8N2O/c11-8-4-7-6-3-5(8)1-2-9(6)12-10(7)13/h1-2,4H,3,11H2,(H,12,13). The Hall–Kier alpha value is -1.77. The van der Waals surface area contributed by atoms with Gasteiger partial charge in [0.2, 0.25) is 0 Å². The summed E-state index contributed by atoms with van der Waals surface area (Å²) in [5, 5.41) is 2.81. The second-order valence-electron chi connectivity index (χ2n) is 3.40. The van der Waals surface area contributed by atoms with E-state index in [1.807, 2.05) is 12.2 Å². The molecule has 13 heavy (non-hydrogen) atoms. The zero-order valence-electron chi connectivity index (χ0n) is 6.92. The average molecular weight is 172 g/mol. The van der Waals surface area contributed by atoms with Crippen LogP contribution in [0.3, 0.4) is 0 Å². The van der Waals surface area contributed by atoms with Crippen molar-refractivity contribution in [2.45, 2.75) is 6.42 Å². The molecule has 2 bridgehead atoms. The Bertz CT molecular complexity index is 450. The van der Waals surface area contributed by atoms with Crippen LogP contribution < -0.4 is 11.1 Å². The van der Waals surface area contributed by atoms with Crippen molar-refractivity contribution in [3.8, 4) is 0 Å². The van der Waals surface area contributed by atoms with Gasteiger partial charge in [-0.25, -0.2) is 0 Å². The van der Waals surface area contributed by atoms with Crippen molar-refractivity contribution in [3.05, 3.63) is 46.3 Å². The van der Waals surface area contributed by atoms with Crippen LogP contribution in [-0.4, -0.2) is 5.91 Å². The minimum Gasteiger partial charge on any atom is -0.398 e. The summed E-state index contributed by atoms with van der Waals surface area (Å²) < 4.78 is 0. The second kappa shape index (κ2) is 1.93. The van der Waals surface area contributed by atoms with E-state index in [0.29, 0.717) is 5.70 Å².